The summed E-state index contributed by atoms with van der Waals surface area (Å²) in [6.07, 6.45) is 4.44. The van der Waals surface area contributed by atoms with Gasteiger partial charge in [-0.1, -0.05) is 18.2 Å². The first kappa shape index (κ1) is 18.1. The third-order valence-corrected chi connectivity index (χ3v) is 4.83. The van der Waals surface area contributed by atoms with Crippen LogP contribution in [0.5, 0.6) is 0 Å². The number of benzene rings is 1. The Labute approximate surface area is 152 Å². The smallest absolute Gasteiger partial charge is 0.255 e. The SMILES string of the molecule is O=C(NC1CCN(C(=O)c2cccnc2)CCC1CO)c1ccccc1. The Kier molecular flexibility index (Phi) is 5.96. The molecule has 2 amide bonds. The van der Waals surface area contributed by atoms with Crippen LogP contribution >= 0.6 is 0 Å². The van der Waals surface area contributed by atoms with Crippen LogP contribution in [0, 0.1) is 5.92 Å². The molecule has 6 heteroatoms. The van der Waals surface area contributed by atoms with Crippen LogP contribution in [0.3, 0.4) is 0 Å². The molecule has 0 saturated carbocycles. The van der Waals surface area contributed by atoms with Crippen molar-refractivity contribution in [1.29, 1.82) is 0 Å². The average molecular weight is 353 g/mol. The maximum atomic E-state index is 12.6. The van der Waals surface area contributed by atoms with E-state index in [9.17, 15) is 14.7 Å². The highest BCUT2D eigenvalue weighted by atomic mass is 16.3. The van der Waals surface area contributed by atoms with E-state index in [2.05, 4.69) is 10.3 Å². The lowest BCUT2D eigenvalue weighted by atomic mass is 9.95. The summed E-state index contributed by atoms with van der Waals surface area (Å²) >= 11 is 0. The van der Waals surface area contributed by atoms with Gasteiger partial charge in [-0.2, -0.15) is 0 Å². The summed E-state index contributed by atoms with van der Waals surface area (Å²) in [5.74, 6) is -0.291. The second-order valence-corrected chi connectivity index (χ2v) is 6.50. The normalized spacial score (nSPS) is 20.3. The number of likely N-dealkylation sites (tertiary alicyclic amines) is 1. The Bertz CT molecular complexity index is 736. The summed E-state index contributed by atoms with van der Waals surface area (Å²) in [4.78, 5) is 30.8. The Hall–Kier alpha value is -2.73. The fraction of sp³-hybridized carbons (Fsp3) is 0.350. The molecule has 26 heavy (non-hydrogen) atoms. The topological polar surface area (TPSA) is 82.5 Å². The van der Waals surface area contributed by atoms with Crippen molar-refractivity contribution in [2.24, 2.45) is 5.92 Å². The van der Waals surface area contributed by atoms with Crippen molar-refractivity contribution in [3.05, 3.63) is 66.0 Å². The summed E-state index contributed by atoms with van der Waals surface area (Å²) in [5.41, 5.74) is 1.15. The van der Waals surface area contributed by atoms with Crippen molar-refractivity contribution < 1.29 is 14.7 Å². The lowest BCUT2D eigenvalue weighted by molar-refractivity contribution is 0.0757. The number of nitrogens with zero attached hydrogens (tertiary/aromatic N) is 2. The van der Waals surface area contributed by atoms with Gasteiger partial charge in [-0.3, -0.25) is 14.6 Å². The first-order valence-corrected chi connectivity index (χ1v) is 8.85. The molecule has 3 rings (SSSR count). The van der Waals surface area contributed by atoms with Crippen molar-refractivity contribution in [3.8, 4) is 0 Å². The van der Waals surface area contributed by atoms with Gasteiger partial charge in [0.1, 0.15) is 0 Å². The zero-order chi connectivity index (χ0) is 18.4. The monoisotopic (exact) mass is 353 g/mol. The molecule has 0 bridgehead atoms. The lowest BCUT2D eigenvalue weighted by Crippen LogP contribution is -2.41. The van der Waals surface area contributed by atoms with E-state index in [4.69, 9.17) is 0 Å². The first-order valence-electron chi connectivity index (χ1n) is 8.85. The molecule has 1 aliphatic heterocycles. The highest BCUT2D eigenvalue weighted by Crippen LogP contribution is 2.20. The van der Waals surface area contributed by atoms with E-state index in [1.54, 1.807) is 41.6 Å². The fourth-order valence-electron chi connectivity index (χ4n) is 3.29. The van der Waals surface area contributed by atoms with Gasteiger partial charge in [0.2, 0.25) is 0 Å². The number of amides is 2. The third-order valence-electron chi connectivity index (χ3n) is 4.83. The van der Waals surface area contributed by atoms with Gasteiger partial charge in [-0.15, -0.1) is 0 Å². The Morgan fingerprint density at radius 3 is 2.50 bits per heavy atom. The summed E-state index contributed by atoms with van der Waals surface area (Å²) in [5, 5.41) is 12.8. The predicted molar refractivity (Wildman–Crippen MR) is 97.6 cm³/mol. The van der Waals surface area contributed by atoms with E-state index in [0.717, 1.165) is 0 Å². The summed E-state index contributed by atoms with van der Waals surface area (Å²) < 4.78 is 0. The van der Waals surface area contributed by atoms with Crippen LogP contribution in [-0.2, 0) is 0 Å². The molecule has 6 nitrogen and oxygen atoms in total. The number of nitrogens with one attached hydrogen (secondary N) is 1. The molecule has 1 fully saturated rings. The number of carbonyl (C=O) groups is 2. The van der Waals surface area contributed by atoms with Gasteiger partial charge >= 0.3 is 0 Å². The van der Waals surface area contributed by atoms with E-state index >= 15 is 0 Å². The quantitative estimate of drug-likeness (QED) is 0.877. The third kappa shape index (κ3) is 4.26. The van der Waals surface area contributed by atoms with Crippen molar-refractivity contribution in [3.63, 3.8) is 0 Å². The first-order chi connectivity index (χ1) is 12.7. The summed E-state index contributed by atoms with van der Waals surface area (Å²) in [6.45, 7) is 1.06. The molecule has 2 unspecified atom stereocenters. The highest BCUT2D eigenvalue weighted by molar-refractivity contribution is 5.94. The molecule has 1 saturated heterocycles. The number of rotatable bonds is 4. The van der Waals surface area contributed by atoms with Gasteiger partial charge in [0, 0.05) is 49.6 Å². The van der Waals surface area contributed by atoms with E-state index < -0.39 is 0 Å². The zero-order valence-electron chi connectivity index (χ0n) is 14.5. The minimum absolute atomic E-state index is 0.0192. The number of hydrogen-bond acceptors (Lipinski definition) is 4. The molecule has 1 aromatic carbocycles. The van der Waals surface area contributed by atoms with Crippen LogP contribution in [0.4, 0.5) is 0 Å². The molecule has 2 atom stereocenters. The van der Waals surface area contributed by atoms with Crippen molar-refractivity contribution in [2.45, 2.75) is 18.9 Å². The second kappa shape index (κ2) is 8.58. The fourth-order valence-corrected chi connectivity index (χ4v) is 3.29. The zero-order valence-corrected chi connectivity index (χ0v) is 14.5. The molecule has 1 aliphatic rings. The van der Waals surface area contributed by atoms with Crippen LogP contribution in [-0.4, -0.2) is 52.5 Å². The van der Waals surface area contributed by atoms with Crippen LogP contribution in [0.2, 0.25) is 0 Å². The number of aliphatic hydroxyl groups is 1. The predicted octanol–water partition coefficient (Wildman–Crippen LogP) is 1.72. The summed E-state index contributed by atoms with van der Waals surface area (Å²) in [6, 6.07) is 12.3. The molecule has 2 N–H and O–H groups in total. The lowest BCUT2D eigenvalue weighted by Gasteiger charge is -2.24. The van der Waals surface area contributed by atoms with Gasteiger partial charge in [0.05, 0.1) is 5.56 Å². The number of aliphatic hydroxyl groups excluding tert-OH is 1. The van der Waals surface area contributed by atoms with E-state index in [0.29, 0.717) is 37.1 Å². The van der Waals surface area contributed by atoms with Gasteiger partial charge in [-0.25, -0.2) is 0 Å². The minimum atomic E-state index is -0.167. The maximum Gasteiger partial charge on any atom is 0.255 e. The molecule has 0 spiro atoms. The van der Waals surface area contributed by atoms with Crippen LogP contribution < -0.4 is 5.32 Å². The largest absolute Gasteiger partial charge is 0.396 e. The minimum Gasteiger partial charge on any atom is -0.396 e. The molecule has 2 aromatic rings. The van der Waals surface area contributed by atoms with Crippen molar-refractivity contribution >= 4 is 11.8 Å². The second-order valence-electron chi connectivity index (χ2n) is 6.50. The van der Waals surface area contributed by atoms with E-state index in [1.165, 1.54) is 0 Å². The van der Waals surface area contributed by atoms with Gasteiger partial charge in [0.15, 0.2) is 0 Å². The van der Waals surface area contributed by atoms with Crippen molar-refractivity contribution in [1.82, 2.24) is 15.2 Å². The number of pyridine rings is 1. The van der Waals surface area contributed by atoms with Crippen LogP contribution in [0.15, 0.2) is 54.9 Å². The molecule has 2 heterocycles. The number of aromatic nitrogens is 1. The molecule has 1 aromatic heterocycles. The van der Waals surface area contributed by atoms with Gasteiger partial charge in [-0.05, 0) is 37.1 Å². The van der Waals surface area contributed by atoms with E-state index in [-0.39, 0.29) is 30.4 Å². The number of carbonyl (C=O) groups excluding carboxylic acids is 2. The molecule has 0 aliphatic carbocycles. The Balaban J connectivity index is 1.67. The molecule has 136 valence electrons. The Morgan fingerprint density at radius 2 is 1.81 bits per heavy atom. The van der Waals surface area contributed by atoms with Gasteiger partial charge < -0.3 is 15.3 Å². The number of hydrogen-bond donors (Lipinski definition) is 2. The highest BCUT2D eigenvalue weighted by Gasteiger charge is 2.29. The molecule has 0 radical (unpaired) electrons. The Morgan fingerprint density at radius 1 is 1.08 bits per heavy atom. The van der Waals surface area contributed by atoms with Gasteiger partial charge in [0.25, 0.3) is 11.8 Å². The summed E-state index contributed by atoms with van der Waals surface area (Å²) in [7, 11) is 0. The van der Waals surface area contributed by atoms with E-state index in [1.807, 2.05) is 18.2 Å². The maximum absolute atomic E-state index is 12.6. The average Bonchev–Trinajstić information content (AvgIpc) is 2.91. The van der Waals surface area contributed by atoms with Crippen molar-refractivity contribution in [2.75, 3.05) is 19.7 Å². The van der Waals surface area contributed by atoms with Crippen LogP contribution in [0.25, 0.3) is 0 Å². The molecular formula is C20H23N3O3. The van der Waals surface area contributed by atoms with Crippen LogP contribution in [0.1, 0.15) is 33.6 Å². The standard InChI is InChI=1S/C20H23N3O3/c24-14-17-8-11-23(20(26)16-7-4-10-21-13-16)12-9-18(17)22-19(25)15-5-2-1-3-6-15/h1-7,10,13,17-18,24H,8-9,11-12,14H2,(H,22,25). The molecular weight excluding hydrogens is 330 g/mol.